The van der Waals surface area contributed by atoms with E-state index in [4.69, 9.17) is 0 Å². The van der Waals surface area contributed by atoms with Crippen molar-refractivity contribution in [3.63, 3.8) is 0 Å². The monoisotopic (exact) mass is 845 g/mol. The topological polar surface area (TPSA) is 12.1 Å². The molecule has 65 heavy (non-hydrogen) atoms. The average molecular weight is 846 g/mol. The first-order valence-electron chi connectivity index (χ1n) is 23.6. The molecular weight excluding hydrogens is 787 g/mol. The lowest BCUT2D eigenvalue weighted by Crippen LogP contribution is -2.15. The molecule has 0 saturated carbocycles. The summed E-state index contributed by atoms with van der Waals surface area (Å²) in [7, 11) is 0. The fourth-order valence-corrected chi connectivity index (χ4v) is 11.1. The highest BCUT2D eigenvalue weighted by Gasteiger charge is 2.31. The van der Waals surface area contributed by atoms with Gasteiger partial charge in [-0.15, -0.1) is 0 Å². The van der Waals surface area contributed by atoms with Crippen molar-refractivity contribution in [2.24, 2.45) is 0 Å². The summed E-state index contributed by atoms with van der Waals surface area (Å²) >= 11 is 0. The van der Waals surface area contributed by atoms with Gasteiger partial charge in [-0.05, 0) is 128 Å². The van der Waals surface area contributed by atoms with Gasteiger partial charge in [-0.1, -0.05) is 144 Å². The third-order valence-electron chi connectivity index (χ3n) is 14.7. The summed E-state index contributed by atoms with van der Waals surface area (Å²) in [5.74, 6) is 0. The van der Waals surface area contributed by atoms with E-state index < -0.39 is 0 Å². The second-order valence-corrected chi connectivity index (χ2v) is 23.2. The molecule has 322 valence electrons. The average Bonchev–Trinajstić information content (AvgIpc) is 3.99. The van der Waals surface area contributed by atoms with Crippen LogP contribution in [0.4, 0.5) is 17.1 Å². The maximum atomic E-state index is 2.66. The van der Waals surface area contributed by atoms with Gasteiger partial charge in [0.1, 0.15) is 0 Å². The van der Waals surface area contributed by atoms with Crippen molar-refractivity contribution in [3.8, 4) is 0 Å². The molecule has 0 spiro atoms. The highest BCUT2D eigenvalue weighted by atomic mass is 15.2. The molecule has 0 atom stereocenters. The Labute approximate surface area is 382 Å². The Balaban J connectivity index is 1.30. The number of fused-ring (bicyclic) bond motifs is 15. The second-order valence-electron chi connectivity index (χ2n) is 23.2. The van der Waals surface area contributed by atoms with Gasteiger partial charge in [0.25, 0.3) is 0 Å². The Morgan fingerprint density at radius 2 is 0.708 bits per heavy atom. The molecule has 0 amide bonds. The minimum absolute atomic E-state index is 0.0247. The Hall–Kier alpha value is -6.58. The van der Waals surface area contributed by atoms with E-state index in [1.54, 1.807) is 0 Å². The van der Waals surface area contributed by atoms with E-state index in [0.717, 1.165) is 11.4 Å². The lowest BCUT2D eigenvalue weighted by Gasteiger charge is -2.29. The van der Waals surface area contributed by atoms with Crippen molar-refractivity contribution in [1.29, 1.82) is 0 Å². The van der Waals surface area contributed by atoms with Gasteiger partial charge < -0.3 is 13.7 Å². The van der Waals surface area contributed by atoms with Crippen LogP contribution >= 0.6 is 0 Å². The lowest BCUT2D eigenvalue weighted by molar-refractivity contribution is 0.590. The second kappa shape index (κ2) is 13.0. The van der Waals surface area contributed by atoms with Gasteiger partial charge in [-0.2, -0.15) is 0 Å². The summed E-state index contributed by atoms with van der Waals surface area (Å²) in [5, 5.41) is 13.2. The van der Waals surface area contributed by atoms with Crippen LogP contribution in [0.5, 0.6) is 0 Å². The first-order chi connectivity index (χ1) is 30.8. The van der Waals surface area contributed by atoms with Crippen molar-refractivity contribution in [2.45, 2.75) is 105 Å². The summed E-state index contributed by atoms with van der Waals surface area (Å²) in [6.45, 7) is 28.1. The van der Waals surface area contributed by atoms with Crippen LogP contribution in [-0.4, -0.2) is 8.80 Å². The fourth-order valence-electron chi connectivity index (χ4n) is 11.1. The highest BCUT2D eigenvalue weighted by Crippen LogP contribution is 2.51. The van der Waals surface area contributed by atoms with Crippen LogP contribution in [0.1, 0.15) is 105 Å². The van der Waals surface area contributed by atoms with Crippen molar-refractivity contribution in [3.05, 3.63) is 162 Å². The lowest BCUT2D eigenvalue weighted by atomic mass is 9.83. The molecule has 0 N–H and O–H groups in total. The zero-order valence-corrected chi connectivity index (χ0v) is 40.1. The van der Waals surface area contributed by atoms with Gasteiger partial charge >= 0.3 is 0 Å². The minimum atomic E-state index is -0.0852. The highest BCUT2D eigenvalue weighted by molar-refractivity contribution is 6.34. The van der Waals surface area contributed by atoms with Crippen molar-refractivity contribution in [2.75, 3.05) is 4.90 Å². The standard InChI is InChI=1S/C62H59N3/c1-59(2,3)36-23-27-51-45(29-36)47-31-38(61(7,8)9)34-50-54-42-24-25-44-46-30-37(60(4,5)6)32-48-49-33-39(62(10,11)12)35-53(63(40-19-15-13-16-20-40)41-21-17-14-18-22-41)58(49)65(56(46)48)55(44)43(42)26-28-52(54)64(51)57(47)50/h13-35H,1-12H3. The Morgan fingerprint density at radius 3 is 1.28 bits per heavy atom. The van der Waals surface area contributed by atoms with E-state index in [-0.39, 0.29) is 21.7 Å². The van der Waals surface area contributed by atoms with Crippen LogP contribution in [0.15, 0.2) is 140 Å². The molecule has 8 aromatic carbocycles. The predicted molar refractivity (Wildman–Crippen MR) is 283 cm³/mol. The van der Waals surface area contributed by atoms with Crippen molar-refractivity contribution >= 4 is 104 Å². The molecule has 4 heterocycles. The maximum absolute atomic E-state index is 2.66. The Kier molecular flexibility index (Phi) is 8.01. The first kappa shape index (κ1) is 40.0. The molecule has 0 radical (unpaired) electrons. The summed E-state index contributed by atoms with van der Waals surface area (Å²) in [6, 6.07) is 53.8. The molecule has 0 fully saturated rings. The number of nitrogens with zero attached hydrogens (tertiary/aromatic N) is 3. The molecule has 0 bridgehead atoms. The summed E-state index contributed by atoms with van der Waals surface area (Å²) < 4.78 is 5.23. The van der Waals surface area contributed by atoms with Gasteiger partial charge in [0.2, 0.25) is 0 Å². The largest absolute Gasteiger partial charge is 0.308 e. The minimum Gasteiger partial charge on any atom is -0.308 e. The number of anilines is 3. The normalized spacial score (nSPS) is 13.5. The zero-order chi connectivity index (χ0) is 45.3. The summed E-state index contributed by atoms with van der Waals surface area (Å²) in [4.78, 5) is 2.49. The maximum Gasteiger partial charge on any atom is 0.0783 e. The Bertz CT molecular complexity index is 3850. The van der Waals surface area contributed by atoms with Gasteiger partial charge in [0, 0.05) is 59.9 Å². The smallest absolute Gasteiger partial charge is 0.0783 e. The molecule has 12 rings (SSSR count). The molecule has 3 nitrogen and oxygen atoms in total. The molecule has 0 saturated heterocycles. The van der Waals surface area contributed by atoms with E-state index in [2.05, 4.69) is 236 Å². The number of hydrogen-bond acceptors (Lipinski definition) is 1. The van der Waals surface area contributed by atoms with Crippen molar-refractivity contribution < 1.29 is 0 Å². The quantitative estimate of drug-likeness (QED) is 0.173. The van der Waals surface area contributed by atoms with Crippen LogP contribution in [0.2, 0.25) is 0 Å². The third kappa shape index (κ3) is 5.67. The summed E-state index contributed by atoms with van der Waals surface area (Å²) in [6.07, 6.45) is 0. The van der Waals surface area contributed by atoms with Crippen molar-refractivity contribution in [1.82, 2.24) is 8.80 Å². The predicted octanol–water partition coefficient (Wildman–Crippen LogP) is 17.8. The molecule has 0 aliphatic heterocycles. The molecule has 12 aromatic rings. The molecular formula is C62H59N3. The third-order valence-corrected chi connectivity index (χ3v) is 14.7. The van der Waals surface area contributed by atoms with Gasteiger partial charge in [0.15, 0.2) is 0 Å². The van der Waals surface area contributed by atoms with Gasteiger partial charge in [0.05, 0.1) is 38.8 Å². The number of benzene rings is 8. The van der Waals surface area contributed by atoms with Crippen LogP contribution in [0, 0.1) is 0 Å². The molecule has 0 aliphatic carbocycles. The Morgan fingerprint density at radius 1 is 0.308 bits per heavy atom. The van der Waals surface area contributed by atoms with Crippen LogP contribution in [0.3, 0.4) is 0 Å². The van der Waals surface area contributed by atoms with Crippen LogP contribution < -0.4 is 4.90 Å². The number of hydrogen-bond donors (Lipinski definition) is 0. The van der Waals surface area contributed by atoms with Gasteiger partial charge in [-0.25, -0.2) is 0 Å². The summed E-state index contributed by atoms with van der Waals surface area (Å²) in [5.41, 5.74) is 16.5. The first-order valence-corrected chi connectivity index (χ1v) is 23.6. The van der Waals surface area contributed by atoms with E-state index in [1.807, 2.05) is 0 Å². The molecule has 4 aromatic heterocycles. The van der Waals surface area contributed by atoms with E-state index in [1.165, 1.54) is 115 Å². The molecule has 0 unspecified atom stereocenters. The van der Waals surface area contributed by atoms with Gasteiger partial charge in [-0.3, -0.25) is 0 Å². The SMILES string of the molecule is CC(C)(C)c1ccc2c(c1)c1cc(C(C)(C)C)cc3c4c5ccc6c7cc(C(C)(C)C)cc8c9cc(C(C)(C)C)cc(N(c%10ccccc%10)c%10ccccc%10)c9n(c6c5ccc4n2c13)c87. The zero-order valence-electron chi connectivity index (χ0n) is 40.1. The molecule has 0 aliphatic rings. The van der Waals surface area contributed by atoms with E-state index in [9.17, 15) is 0 Å². The van der Waals surface area contributed by atoms with E-state index >= 15 is 0 Å². The number of para-hydroxylation sites is 2. The van der Waals surface area contributed by atoms with E-state index in [0.29, 0.717) is 0 Å². The van der Waals surface area contributed by atoms with Crippen LogP contribution in [0.25, 0.3) is 87.0 Å². The number of aromatic nitrogens is 2. The fraction of sp³-hybridized carbons (Fsp3) is 0.258. The van der Waals surface area contributed by atoms with Crippen LogP contribution in [-0.2, 0) is 21.7 Å². The molecule has 3 heteroatoms. The number of rotatable bonds is 3.